The lowest BCUT2D eigenvalue weighted by Crippen LogP contribution is -2.14. The highest BCUT2D eigenvalue weighted by Gasteiger charge is 2.09. The highest BCUT2D eigenvalue weighted by Crippen LogP contribution is 2.28. The average Bonchev–Trinajstić information content (AvgIpc) is 2.51. The number of hydrogen-bond donors (Lipinski definition) is 1. The van der Waals surface area contributed by atoms with Gasteiger partial charge in [0.2, 0.25) is 5.91 Å². The van der Waals surface area contributed by atoms with Crippen LogP contribution in [-0.4, -0.2) is 18.8 Å². The predicted octanol–water partition coefficient (Wildman–Crippen LogP) is 5.53. The number of ether oxygens (including phenoxy) is 1. The van der Waals surface area contributed by atoms with Crippen molar-refractivity contribution in [2.45, 2.75) is 5.75 Å². The molecular weight excluding hydrogens is 377 g/mol. The number of carbonyl (C=O) groups is 1. The number of anilines is 1. The Labute approximate surface area is 154 Å². The monoisotopic (exact) mass is 389 g/mol. The quantitative estimate of drug-likeness (QED) is 0.705. The van der Waals surface area contributed by atoms with Gasteiger partial charge < -0.3 is 10.1 Å². The van der Waals surface area contributed by atoms with Gasteiger partial charge in [-0.3, -0.25) is 4.79 Å². The van der Waals surface area contributed by atoms with Gasteiger partial charge in [-0.1, -0.05) is 40.9 Å². The maximum Gasteiger partial charge on any atom is 0.234 e. The Balaban J connectivity index is 1.88. The van der Waals surface area contributed by atoms with Gasteiger partial charge in [0.1, 0.15) is 5.75 Å². The first-order valence-electron chi connectivity index (χ1n) is 6.64. The van der Waals surface area contributed by atoms with E-state index in [1.54, 1.807) is 30.3 Å². The molecule has 7 heteroatoms. The standard InChI is InChI=1S/C16H14Cl3NO2S/c1-22-15-5-3-11(17)7-14(15)20-16(21)9-23-8-10-2-4-12(18)13(19)6-10/h2-7H,8-9H2,1H3,(H,20,21). The highest BCUT2D eigenvalue weighted by atomic mass is 35.5. The lowest BCUT2D eigenvalue weighted by molar-refractivity contribution is -0.113. The summed E-state index contributed by atoms with van der Waals surface area (Å²) in [5.74, 6) is 1.40. The van der Waals surface area contributed by atoms with E-state index in [9.17, 15) is 4.79 Å². The predicted molar refractivity (Wildman–Crippen MR) is 99.3 cm³/mol. The molecule has 122 valence electrons. The molecule has 0 saturated carbocycles. The molecule has 0 aromatic heterocycles. The summed E-state index contributed by atoms with van der Waals surface area (Å²) in [5.41, 5.74) is 1.57. The topological polar surface area (TPSA) is 38.3 Å². The van der Waals surface area contributed by atoms with Crippen LogP contribution in [0.25, 0.3) is 0 Å². The molecule has 0 aliphatic rings. The van der Waals surface area contributed by atoms with Crippen molar-refractivity contribution < 1.29 is 9.53 Å². The Bertz CT molecular complexity index is 710. The minimum absolute atomic E-state index is 0.129. The van der Waals surface area contributed by atoms with Gasteiger partial charge in [0.15, 0.2) is 0 Å². The molecule has 0 unspecified atom stereocenters. The number of methoxy groups -OCH3 is 1. The average molecular weight is 391 g/mol. The van der Waals surface area contributed by atoms with Gasteiger partial charge in [0.05, 0.1) is 28.6 Å². The Kier molecular flexibility index (Phi) is 6.90. The van der Waals surface area contributed by atoms with Gasteiger partial charge in [-0.05, 0) is 35.9 Å². The minimum atomic E-state index is -0.129. The second-order valence-electron chi connectivity index (χ2n) is 4.63. The van der Waals surface area contributed by atoms with Gasteiger partial charge in [0.25, 0.3) is 0 Å². The molecule has 3 nitrogen and oxygen atoms in total. The van der Waals surface area contributed by atoms with Crippen LogP contribution in [0.5, 0.6) is 5.75 Å². The Hall–Kier alpha value is -1.07. The molecule has 1 amide bonds. The summed E-state index contributed by atoms with van der Waals surface area (Å²) in [4.78, 5) is 12.0. The zero-order valence-corrected chi connectivity index (χ0v) is 15.3. The lowest BCUT2D eigenvalue weighted by Gasteiger charge is -2.10. The van der Waals surface area contributed by atoms with Crippen molar-refractivity contribution in [3.63, 3.8) is 0 Å². The third-order valence-electron chi connectivity index (χ3n) is 2.92. The van der Waals surface area contributed by atoms with E-state index in [-0.39, 0.29) is 5.91 Å². The second kappa shape index (κ2) is 8.69. The van der Waals surface area contributed by atoms with Crippen molar-refractivity contribution in [1.29, 1.82) is 0 Å². The number of hydrogen-bond acceptors (Lipinski definition) is 3. The summed E-state index contributed by atoms with van der Waals surface area (Å²) in [6.45, 7) is 0. The number of thioether (sulfide) groups is 1. The molecule has 0 aliphatic heterocycles. The lowest BCUT2D eigenvalue weighted by atomic mass is 10.2. The molecule has 23 heavy (non-hydrogen) atoms. The fraction of sp³-hybridized carbons (Fsp3) is 0.188. The number of halogens is 3. The first-order valence-corrected chi connectivity index (χ1v) is 8.93. The Morgan fingerprint density at radius 3 is 2.61 bits per heavy atom. The molecule has 0 spiro atoms. The van der Waals surface area contributed by atoms with Crippen molar-refractivity contribution in [2.75, 3.05) is 18.2 Å². The number of benzene rings is 2. The van der Waals surface area contributed by atoms with Crippen molar-refractivity contribution in [3.05, 3.63) is 57.0 Å². The van der Waals surface area contributed by atoms with Crippen molar-refractivity contribution in [3.8, 4) is 5.75 Å². The van der Waals surface area contributed by atoms with Crippen LogP contribution in [0.2, 0.25) is 15.1 Å². The zero-order chi connectivity index (χ0) is 16.8. The Morgan fingerprint density at radius 2 is 1.91 bits per heavy atom. The summed E-state index contributed by atoms with van der Waals surface area (Å²) >= 11 is 19.2. The van der Waals surface area contributed by atoms with E-state index >= 15 is 0 Å². The van der Waals surface area contributed by atoms with Crippen molar-refractivity contribution in [1.82, 2.24) is 0 Å². The van der Waals surface area contributed by atoms with E-state index < -0.39 is 0 Å². The number of nitrogens with one attached hydrogen (secondary N) is 1. The van der Waals surface area contributed by atoms with E-state index in [0.29, 0.717) is 38.0 Å². The summed E-state index contributed by atoms with van der Waals surface area (Å²) < 4.78 is 5.19. The largest absolute Gasteiger partial charge is 0.495 e. The molecule has 2 aromatic carbocycles. The molecular formula is C16H14Cl3NO2S. The fourth-order valence-electron chi connectivity index (χ4n) is 1.86. The smallest absolute Gasteiger partial charge is 0.234 e. The van der Waals surface area contributed by atoms with Crippen LogP contribution in [0.4, 0.5) is 5.69 Å². The molecule has 0 heterocycles. The third kappa shape index (κ3) is 5.50. The normalized spacial score (nSPS) is 10.4. The maximum absolute atomic E-state index is 12.0. The highest BCUT2D eigenvalue weighted by molar-refractivity contribution is 7.99. The van der Waals surface area contributed by atoms with Gasteiger partial charge in [-0.15, -0.1) is 11.8 Å². The molecule has 0 saturated heterocycles. The van der Waals surface area contributed by atoms with Crippen LogP contribution >= 0.6 is 46.6 Å². The second-order valence-corrected chi connectivity index (χ2v) is 6.87. The first-order chi connectivity index (χ1) is 11.0. The zero-order valence-electron chi connectivity index (χ0n) is 12.2. The molecule has 2 aromatic rings. The molecule has 0 radical (unpaired) electrons. The van der Waals surface area contributed by atoms with Crippen molar-refractivity contribution >= 4 is 58.2 Å². The number of rotatable bonds is 6. The van der Waals surface area contributed by atoms with Crippen LogP contribution in [0.1, 0.15) is 5.56 Å². The summed E-state index contributed by atoms with van der Waals surface area (Å²) in [6, 6.07) is 10.5. The van der Waals surface area contributed by atoms with E-state index in [1.165, 1.54) is 18.9 Å². The van der Waals surface area contributed by atoms with E-state index in [2.05, 4.69) is 5.32 Å². The molecule has 2 rings (SSSR count). The molecule has 0 bridgehead atoms. The SMILES string of the molecule is COc1ccc(Cl)cc1NC(=O)CSCc1ccc(Cl)c(Cl)c1. The molecule has 0 atom stereocenters. The van der Waals surface area contributed by atoms with Crippen LogP contribution in [0, 0.1) is 0 Å². The van der Waals surface area contributed by atoms with E-state index in [0.717, 1.165) is 5.56 Å². The summed E-state index contributed by atoms with van der Waals surface area (Å²) in [6.07, 6.45) is 0. The van der Waals surface area contributed by atoms with E-state index in [4.69, 9.17) is 39.5 Å². The molecule has 1 N–H and O–H groups in total. The van der Waals surface area contributed by atoms with Crippen LogP contribution in [0.15, 0.2) is 36.4 Å². The van der Waals surface area contributed by atoms with Crippen LogP contribution < -0.4 is 10.1 Å². The maximum atomic E-state index is 12.0. The first kappa shape index (κ1) is 18.3. The number of amides is 1. The van der Waals surface area contributed by atoms with Crippen molar-refractivity contribution in [2.24, 2.45) is 0 Å². The molecule has 0 fully saturated rings. The van der Waals surface area contributed by atoms with E-state index in [1.807, 2.05) is 6.07 Å². The van der Waals surface area contributed by atoms with Gasteiger partial charge >= 0.3 is 0 Å². The Morgan fingerprint density at radius 1 is 1.13 bits per heavy atom. The number of carbonyl (C=O) groups excluding carboxylic acids is 1. The van der Waals surface area contributed by atoms with Crippen LogP contribution in [0.3, 0.4) is 0 Å². The van der Waals surface area contributed by atoms with Gasteiger partial charge in [-0.25, -0.2) is 0 Å². The fourth-order valence-corrected chi connectivity index (χ4v) is 3.12. The minimum Gasteiger partial charge on any atom is -0.495 e. The molecule has 0 aliphatic carbocycles. The van der Waals surface area contributed by atoms with Crippen LogP contribution in [-0.2, 0) is 10.5 Å². The van der Waals surface area contributed by atoms with Gasteiger partial charge in [-0.2, -0.15) is 0 Å². The van der Waals surface area contributed by atoms with Gasteiger partial charge in [0, 0.05) is 10.8 Å². The summed E-state index contributed by atoms with van der Waals surface area (Å²) in [5, 5.41) is 4.36. The third-order valence-corrected chi connectivity index (χ3v) is 4.90. The summed E-state index contributed by atoms with van der Waals surface area (Å²) in [7, 11) is 1.54.